The number of methoxy groups -OCH3 is 1. The molecule has 61 heavy (non-hydrogen) atoms. The van der Waals surface area contributed by atoms with E-state index in [4.69, 9.17) is 24.4 Å². The Morgan fingerprint density at radius 3 is 1.72 bits per heavy atom. The number of carboxylic acid groups (broad SMARTS) is 1. The molecule has 0 aliphatic rings. The summed E-state index contributed by atoms with van der Waals surface area (Å²) in [5.74, 6) is 0.245. The van der Waals surface area contributed by atoms with Gasteiger partial charge in [0.2, 0.25) is 0 Å². The van der Waals surface area contributed by atoms with Crippen molar-refractivity contribution in [1.82, 2.24) is 0 Å². The van der Waals surface area contributed by atoms with Crippen LogP contribution in [0.3, 0.4) is 0 Å². The van der Waals surface area contributed by atoms with Crippen LogP contribution in [0, 0.1) is 13.8 Å². The first-order valence-corrected chi connectivity index (χ1v) is 19.2. The Labute approximate surface area is 353 Å². The van der Waals surface area contributed by atoms with E-state index in [2.05, 4.69) is 34.3 Å². The monoisotopic (exact) mass is 826 g/mol. The summed E-state index contributed by atoms with van der Waals surface area (Å²) < 4.78 is 17.2. The maximum atomic E-state index is 13.2. The molecule has 0 saturated heterocycles. The maximum Gasteiger partial charge on any atom is 0.337 e. The number of hydrogen-bond acceptors (Lipinski definition) is 11. The molecule has 0 aliphatic heterocycles. The molecule has 6 aromatic rings. The minimum atomic E-state index is -1.22. The number of esters is 1. The van der Waals surface area contributed by atoms with Crippen molar-refractivity contribution in [3.05, 3.63) is 171 Å². The van der Waals surface area contributed by atoms with E-state index < -0.39 is 17.8 Å². The van der Waals surface area contributed by atoms with E-state index >= 15 is 0 Å². The third-order valence-corrected chi connectivity index (χ3v) is 10.2. The number of amides is 1. The van der Waals surface area contributed by atoms with Gasteiger partial charge in [0, 0.05) is 28.0 Å². The highest BCUT2D eigenvalue weighted by Crippen LogP contribution is 2.36. The number of carbonyl (C=O) groups excluding carboxylic acids is 2. The second-order valence-corrected chi connectivity index (χ2v) is 14.7. The molecule has 0 aliphatic carbocycles. The molecule has 4 N–H and O–H groups in total. The summed E-state index contributed by atoms with van der Waals surface area (Å²) in [5.41, 5.74) is 6.76. The van der Waals surface area contributed by atoms with Gasteiger partial charge in [-0.25, -0.2) is 24.3 Å². The average Bonchev–Trinajstić information content (AvgIpc) is 3.25. The molecule has 0 saturated carbocycles. The fourth-order valence-corrected chi connectivity index (χ4v) is 6.65. The predicted octanol–water partition coefficient (Wildman–Crippen LogP) is 10.8. The lowest BCUT2D eigenvalue weighted by Crippen LogP contribution is -2.18. The van der Waals surface area contributed by atoms with Crippen molar-refractivity contribution >= 4 is 34.9 Å². The summed E-state index contributed by atoms with van der Waals surface area (Å²) in [5, 5.41) is 24.9. The van der Waals surface area contributed by atoms with Gasteiger partial charge in [-0.1, -0.05) is 50.2 Å². The SMILES string of the molecule is COOCc1ccc(C(=O)O)c(C(=O)Nc2ccc(Oc3ccc(C(C)(C)c4ccc(Oc5ccc(Nc6cc(C(=O)OC)ccc6COO)c(C)c5)cc4)cc3)cc2C)c1. The van der Waals surface area contributed by atoms with Gasteiger partial charge in [-0.2, -0.15) is 0 Å². The van der Waals surface area contributed by atoms with Crippen LogP contribution in [-0.4, -0.2) is 42.4 Å². The largest absolute Gasteiger partial charge is 0.478 e. The maximum absolute atomic E-state index is 13.2. The van der Waals surface area contributed by atoms with Gasteiger partial charge in [0.05, 0.1) is 30.9 Å². The Bertz CT molecular complexity index is 2530. The Balaban J connectivity index is 1.07. The number of carbonyl (C=O) groups is 3. The molecule has 0 aromatic heterocycles. The first-order chi connectivity index (χ1) is 29.3. The van der Waals surface area contributed by atoms with E-state index in [0.29, 0.717) is 51.1 Å². The number of anilines is 3. The molecule has 13 heteroatoms. The van der Waals surface area contributed by atoms with Gasteiger partial charge in [-0.3, -0.25) is 10.1 Å². The highest BCUT2D eigenvalue weighted by molar-refractivity contribution is 6.11. The van der Waals surface area contributed by atoms with Gasteiger partial charge >= 0.3 is 11.9 Å². The number of hydrogen-bond donors (Lipinski definition) is 4. The summed E-state index contributed by atoms with van der Waals surface area (Å²) in [6, 6.07) is 36.0. The standard InChI is InChI=1S/C48H46N2O11/c1-29-23-38(18-21-42(29)49-44-26-32(47(54)56-5)8-9-33(44)28-58-55)60-36-14-10-34(11-15-36)48(3,4)35-12-16-37(17-13-35)61-39-19-22-43(30(2)24-39)50-45(51)41-25-31(27-59-57-6)7-20-40(41)46(52)53/h7-26,49,55H,27-28H2,1-6H3,(H,50,51)(H,52,53). The molecule has 0 unspecified atom stereocenters. The van der Waals surface area contributed by atoms with Crippen molar-refractivity contribution in [2.45, 2.75) is 46.3 Å². The van der Waals surface area contributed by atoms with Gasteiger partial charge < -0.3 is 30.0 Å². The molecule has 13 nitrogen and oxygen atoms in total. The lowest BCUT2D eigenvalue weighted by Gasteiger charge is -2.26. The summed E-state index contributed by atoms with van der Waals surface area (Å²) in [4.78, 5) is 51.1. The van der Waals surface area contributed by atoms with E-state index in [9.17, 15) is 19.5 Å². The molecule has 1 amide bonds. The van der Waals surface area contributed by atoms with E-state index in [0.717, 1.165) is 27.9 Å². The summed E-state index contributed by atoms with van der Waals surface area (Å²) in [6.45, 7) is 8.03. The number of aryl methyl sites for hydroxylation is 2. The average molecular weight is 827 g/mol. The third-order valence-electron chi connectivity index (χ3n) is 10.2. The Morgan fingerprint density at radius 1 is 0.623 bits per heavy atom. The number of ether oxygens (including phenoxy) is 3. The predicted molar refractivity (Wildman–Crippen MR) is 229 cm³/mol. The van der Waals surface area contributed by atoms with E-state index in [1.165, 1.54) is 26.4 Å². The summed E-state index contributed by atoms with van der Waals surface area (Å²) in [6.07, 6.45) is 0. The van der Waals surface area contributed by atoms with Crippen LogP contribution < -0.4 is 20.1 Å². The zero-order valence-corrected chi connectivity index (χ0v) is 34.5. The van der Waals surface area contributed by atoms with Gasteiger partial charge in [0.1, 0.15) is 36.2 Å². The van der Waals surface area contributed by atoms with Gasteiger partial charge in [-0.05, 0) is 127 Å². The van der Waals surface area contributed by atoms with E-state index in [1.807, 2.05) is 80.6 Å². The number of rotatable bonds is 17. The van der Waals surface area contributed by atoms with E-state index in [-0.39, 0.29) is 29.8 Å². The van der Waals surface area contributed by atoms with Crippen LogP contribution in [0.1, 0.15) is 78.3 Å². The molecular weight excluding hydrogens is 781 g/mol. The molecular formula is C48H46N2O11. The van der Waals surface area contributed by atoms with Gasteiger partial charge in [0.25, 0.3) is 5.91 Å². The first kappa shape index (κ1) is 43.5. The molecule has 0 atom stereocenters. The van der Waals surface area contributed by atoms with E-state index in [1.54, 1.807) is 42.5 Å². The van der Waals surface area contributed by atoms with Crippen LogP contribution in [0.4, 0.5) is 17.1 Å². The molecule has 6 aromatic carbocycles. The molecule has 314 valence electrons. The Kier molecular flexibility index (Phi) is 13.8. The third kappa shape index (κ3) is 10.6. The highest BCUT2D eigenvalue weighted by Gasteiger charge is 2.24. The number of benzene rings is 6. The Hall–Kier alpha value is -7.03. The first-order valence-electron chi connectivity index (χ1n) is 19.2. The number of carboxylic acids is 1. The summed E-state index contributed by atoms with van der Waals surface area (Å²) >= 11 is 0. The van der Waals surface area contributed by atoms with Crippen LogP contribution in [0.2, 0.25) is 0 Å². The van der Waals surface area contributed by atoms with Crippen molar-refractivity contribution in [1.29, 1.82) is 0 Å². The van der Waals surface area contributed by atoms with Crippen molar-refractivity contribution in [3.63, 3.8) is 0 Å². The topological polar surface area (TPSA) is 171 Å². The van der Waals surface area contributed by atoms with Crippen LogP contribution in [-0.2, 0) is 38.0 Å². The Morgan fingerprint density at radius 2 is 1.20 bits per heavy atom. The van der Waals surface area contributed by atoms with Crippen LogP contribution in [0.25, 0.3) is 0 Å². The quantitative estimate of drug-likeness (QED) is 0.0390. The molecule has 0 radical (unpaired) electrons. The van der Waals surface area contributed by atoms with Gasteiger partial charge in [0.15, 0.2) is 0 Å². The van der Waals surface area contributed by atoms with Crippen LogP contribution in [0.15, 0.2) is 121 Å². The minimum absolute atomic E-state index is 0.00213. The molecule has 0 heterocycles. The second kappa shape index (κ2) is 19.4. The van der Waals surface area contributed by atoms with Crippen molar-refractivity contribution in [2.24, 2.45) is 0 Å². The fourth-order valence-electron chi connectivity index (χ4n) is 6.65. The highest BCUT2D eigenvalue weighted by atomic mass is 17.2. The molecule has 0 bridgehead atoms. The molecule has 0 fully saturated rings. The molecule has 0 spiro atoms. The zero-order chi connectivity index (χ0) is 43.7. The van der Waals surface area contributed by atoms with Gasteiger partial charge in [-0.15, -0.1) is 0 Å². The molecule has 6 rings (SSSR count). The van der Waals surface area contributed by atoms with Crippen molar-refractivity contribution in [2.75, 3.05) is 24.9 Å². The smallest absolute Gasteiger partial charge is 0.337 e. The second-order valence-electron chi connectivity index (χ2n) is 14.7. The van der Waals surface area contributed by atoms with Crippen molar-refractivity contribution < 1.29 is 53.6 Å². The lowest BCUT2D eigenvalue weighted by atomic mass is 9.78. The zero-order valence-electron chi connectivity index (χ0n) is 34.5. The normalized spacial score (nSPS) is 11.1. The van der Waals surface area contributed by atoms with Crippen LogP contribution >= 0.6 is 0 Å². The van der Waals surface area contributed by atoms with Crippen LogP contribution in [0.5, 0.6) is 23.0 Å². The van der Waals surface area contributed by atoms with Crippen molar-refractivity contribution in [3.8, 4) is 23.0 Å². The number of nitrogens with one attached hydrogen (secondary N) is 2. The summed E-state index contributed by atoms with van der Waals surface area (Å²) in [7, 11) is 2.68. The lowest BCUT2D eigenvalue weighted by molar-refractivity contribution is -0.282. The number of aromatic carboxylic acids is 1. The minimum Gasteiger partial charge on any atom is -0.478 e. The fraction of sp³-hybridized carbons (Fsp3) is 0.188.